The van der Waals surface area contributed by atoms with Crippen LogP contribution in [0.3, 0.4) is 0 Å². The van der Waals surface area contributed by atoms with Crippen molar-refractivity contribution in [1.29, 1.82) is 0 Å². The number of ketones is 1. The summed E-state index contributed by atoms with van der Waals surface area (Å²) < 4.78 is 0. The number of amides is 1. The second-order valence-corrected chi connectivity index (χ2v) is 5.03. The first-order chi connectivity index (χ1) is 9.11. The van der Waals surface area contributed by atoms with Crippen LogP contribution in [0.1, 0.15) is 48.5 Å². The summed E-state index contributed by atoms with van der Waals surface area (Å²) in [5.41, 5.74) is 8.24. The molecule has 4 nitrogen and oxygen atoms in total. The molecule has 1 amide bonds. The lowest BCUT2D eigenvalue weighted by atomic mass is 9.90. The number of hydrogen-bond donors (Lipinski definition) is 2. The van der Waals surface area contributed by atoms with Gasteiger partial charge in [-0.3, -0.25) is 9.59 Å². The summed E-state index contributed by atoms with van der Waals surface area (Å²) in [6, 6.07) is 5.05. The molecule has 0 aliphatic heterocycles. The summed E-state index contributed by atoms with van der Waals surface area (Å²) in [4.78, 5) is 23.7. The molecule has 110 valence electrons. The number of Topliss-reactive ketones (excluding diaryl/α,β-unsaturated/α-hetero) is 1. The van der Waals surface area contributed by atoms with Gasteiger partial charge in [0.1, 0.15) is 0 Å². The van der Waals surface area contributed by atoms with Gasteiger partial charge in [0.05, 0.1) is 6.04 Å². The number of carbonyl (C=O) groups is 2. The zero-order chi connectivity index (χ0) is 13.8. The second-order valence-electron chi connectivity index (χ2n) is 5.03. The smallest absolute Gasteiger partial charge is 0.241 e. The summed E-state index contributed by atoms with van der Waals surface area (Å²) in [6.07, 6.45) is 3.98. The van der Waals surface area contributed by atoms with Crippen LogP contribution in [0.25, 0.3) is 0 Å². The molecule has 1 aliphatic rings. The van der Waals surface area contributed by atoms with Crippen molar-refractivity contribution in [3.05, 3.63) is 29.3 Å². The van der Waals surface area contributed by atoms with Crippen LogP contribution in [-0.4, -0.2) is 17.7 Å². The number of aryl methyl sites for hydroxylation is 1. The predicted octanol–water partition coefficient (Wildman–Crippen LogP) is 2.69. The molecule has 0 saturated carbocycles. The molecule has 0 heterocycles. The Morgan fingerprint density at radius 2 is 2.15 bits per heavy atom. The molecule has 3 N–H and O–H groups in total. The van der Waals surface area contributed by atoms with Crippen LogP contribution < -0.4 is 11.1 Å². The van der Waals surface area contributed by atoms with Gasteiger partial charge in [-0.1, -0.05) is 19.4 Å². The van der Waals surface area contributed by atoms with E-state index in [4.69, 9.17) is 5.73 Å². The van der Waals surface area contributed by atoms with E-state index in [1.165, 1.54) is 0 Å². The Morgan fingerprint density at radius 3 is 2.85 bits per heavy atom. The molecule has 0 radical (unpaired) electrons. The maximum absolute atomic E-state index is 11.8. The lowest BCUT2D eigenvalue weighted by Gasteiger charge is -2.17. The average Bonchev–Trinajstić information content (AvgIpc) is 2.40. The molecule has 0 saturated heterocycles. The fourth-order valence-electron chi connectivity index (χ4n) is 2.38. The van der Waals surface area contributed by atoms with E-state index in [1.807, 2.05) is 19.1 Å². The number of nitrogens with two attached hydrogens (primary N) is 1. The first-order valence-corrected chi connectivity index (χ1v) is 6.84. The van der Waals surface area contributed by atoms with Gasteiger partial charge in [0, 0.05) is 17.7 Å². The SMILES string of the molecule is CCCC(N)C(=O)Nc1ccc2c(c1)C(=O)CCC2.Cl. The van der Waals surface area contributed by atoms with Crippen molar-refractivity contribution in [3.63, 3.8) is 0 Å². The van der Waals surface area contributed by atoms with Crippen LogP contribution in [0.15, 0.2) is 18.2 Å². The van der Waals surface area contributed by atoms with Crippen molar-refractivity contribution >= 4 is 29.8 Å². The van der Waals surface area contributed by atoms with E-state index in [0.29, 0.717) is 18.5 Å². The molecule has 1 atom stereocenters. The van der Waals surface area contributed by atoms with Gasteiger partial charge < -0.3 is 11.1 Å². The largest absolute Gasteiger partial charge is 0.325 e. The molecule has 1 aromatic rings. The van der Waals surface area contributed by atoms with Crippen LogP contribution in [-0.2, 0) is 11.2 Å². The van der Waals surface area contributed by atoms with Gasteiger partial charge in [0.2, 0.25) is 5.91 Å². The third-order valence-corrected chi connectivity index (χ3v) is 3.46. The average molecular weight is 297 g/mol. The van der Waals surface area contributed by atoms with Crippen molar-refractivity contribution < 1.29 is 9.59 Å². The normalized spacial score (nSPS) is 15.0. The summed E-state index contributed by atoms with van der Waals surface area (Å²) in [6.45, 7) is 1.99. The highest BCUT2D eigenvalue weighted by Crippen LogP contribution is 2.24. The lowest BCUT2D eigenvalue weighted by Crippen LogP contribution is -2.35. The minimum atomic E-state index is -0.489. The van der Waals surface area contributed by atoms with E-state index in [9.17, 15) is 9.59 Å². The Bertz CT molecular complexity index is 503. The number of rotatable bonds is 4. The van der Waals surface area contributed by atoms with E-state index >= 15 is 0 Å². The fraction of sp³-hybridized carbons (Fsp3) is 0.467. The van der Waals surface area contributed by atoms with Crippen LogP contribution in [0.2, 0.25) is 0 Å². The number of nitrogens with one attached hydrogen (secondary N) is 1. The standard InChI is InChI=1S/C15H20N2O2.ClH/c1-2-4-13(16)15(19)17-11-8-7-10-5-3-6-14(18)12(10)9-11;/h7-9,13H,2-6,16H2,1H3,(H,17,19);1H. The van der Waals surface area contributed by atoms with Crippen molar-refractivity contribution in [2.75, 3.05) is 5.32 Å². The molecule has 0 spiro atoms. The molecule has 1 unspecified atom stereocenters. The first kappa shape index (κ1) is 16.7. The van der Waals surface area contributed by atoms with Gasteiger partial charge in [-0.15, -0.1) is 12.4 Å². The molecule has 0 fully saturated rings. The highest BCUT2D eigenvalue weighted by Gasteiger charge is 2.18. The van der Waals surface area contributed by atoms with Crippen LogP contribution in [0.4, 0.5) is 5.69 Å². The number of carbonyl (C=O) groups excluding carboxylic acids is 2. The zero-order valence-corrected chi connectivity index (χ0v) is 12.5. The molecule has 0 aromatic heterocycles. The van der Waals surface area contributed by atoms with Crippen molar-refractivity contribution in [3.8, 4) is 0 Å². The van der Waals surface area contributed by atoms with Crippen LogP contribution >= 0.6 is 12.4 Å². The molecule has 0 bridgehead atoms. The maximum Gasteiger partial charge on any atom is 0.241 e. The molecular formula is C15H21ClN2O2. The monoisotopic (exact) mass is 296 g/mol. The van der Waals surface area contributed by atoms with Crippen molar-refractivity contribution in [2.45, 2.75) is 45.1 Å². The first-order valence-electron chi connectivity index (χ1n) is 6.84. The Balaban J connectivity index is 0.00000200. The molecule has 1 aromatic carbocycles. The summed E-state index contributed by atoms with van der Waals surface area (Å²) >= 11 is 0. The van der Waals surface area contributed by atoms with Gasteiger partial charge in [-0.05, 0) is 37.0 Å². The summed E-state index contributed by atoms with van der Waals surface area (Å²) in [5, 5.41) is 2.78. The highest BCUT2D eigenvalue weighted by molar-refractivity contribution is 6.01. The number of benzene rings is 1. The molecule has 5 heteroatoms. The topological polar surface area (TPSA) is 72.2 Å². The van der Waals surface area contributed by atoms with Crippen LogP contribution in [0.5, 0.6) is 0 Å². The minimum absolute atomic E-state index is 0. The maximum atomic E-state index is 11.8. The predicted molar refractivity (Wildman–Crippen MR) is 82.5 cm³/mol. The van der Waals surface area contributed by atoms with Gasteiger partial charge in [-0.2, -0.15) is 0 Å². The quantitative estimate of drug-likeness (QED) is 0.897. The van der Waals surface area contributed by atoms with E-state index < -0.39 is 6.04 Å². The third-order valence-electron chi connectivity index (χ3n) is 3.46. The summed E-state index contributed by atoms with van der Waals surface area (Å²) in [5.74, 6) is -0.0275. The number of hydrogen-bond acceptors (Lipinski definition) is 3. The number of fused-ring (bicyclic) bond motifs is 1. The van der Waals surface area contributed by atoms with Gasteiger partial charge in [0.15, 0.2) is 5.78 Å². The van der Waals surface area contributed by atoms with Gasteiger partial charge >= 0.3 is 0 Å². The molecule has 20 heavy (non-hydrogen) atoms. The molecule has 1 aliphatic carbocycles. The van der Waals surface area contributed by atoms with Gasteiger partial charge in [0.25, 0.3) is 0 Å². The highest BCUT2D eigenvalue weighted by atomic mass is 35.5. The number of anilines is 1. The lowest BCUT2D eigenvalue weighted by molar-refractivity contribution is -0.117. The zero-order valence-electron chi connectivity index (χ0n) is 11.6. The second kappa shape index (κ2) is 7.41. The van der Waals surface area contributed by atoms with E-state index in [2.05, 4.69) is 5.32 Å². The fourth-order valence-corrected chi connectivity index (χ4v) is 2.38. The Labute approximate surface area is 125 Å². The van der Waals surface area contributed by atoms with Crippen molar-refractivity contribution in [2.24, 2.45) is 5.73 Å². The Kier molecular flexibility index (Phi) is 6.17. The van der Waals surface area contributed by atoms with E-state index in [-0.39, 0.29) is 24.1 Å². The molecular weight excluding hydrogens is 276 g/mol. The Hall–Kier alpha value is -1.39. The summed E-state index contributed by atoms with van der Waals surface area (Å²) in [7, 11) is 0. The minimum Gasteiger partial charge on any atom is -0.325 e. The number of halogens is 1. The molecule has 2 rings (SSSR count). The van der Waals surface area contributed by atoms with Crippen LogP contribution in [0, 0.1) is 0 Å². The van der Waals surface area contributed by atoms with E-state index in [1.54, 1.807) is 6.07 Å². The van der Waals surface area contributed by atoms with Gasteiger partial charge in [-0.25, -0.2) is 0 Å². The van der Waals surface area contributed by atoms with E-state index in [0.717, 1.165) is 30.4 Å². The van der Waals surface area contributed by atoms with Crippen molar-refractivity contribution in [1.82, 2.24) is 0 Å². The Morgan fingerprint density at radius 1 is 1.40 bits per heavy atom. The third kappa shape index (κ3) is 3.81.